The average molecular weight is 537 g/mol. The third-order valence-corrected chi connectivity index (χ3v) is 6.93. The summed E-state index contributed by atoms with van der Waals surface area (Å²) in [6.07, 6.45) is 4.50. The molecule has 5 rings (SSSR count). The highest BCUT2D eigenvalue weighted by molar-refractivity contribution is 5.82. The number of nitrogens with one attached hydrogen (secondary N) is 2. The van der Waals surface area contributed by atoms with Crippen molar-refractivity contribution in [3.05, 3.63) is 119 Å². The Bertz CT molecular complexity index is 1540. The molecular weight excluding hydrogens is 504 g/mol. The number of carbonyl (C=O) groups excluding carboxylic acids is 1. The van der Waals surface area contributed by atoms with Crippen molar-refractivity contribution in [2.75, 3.05) is 0 Å². The number of rotatable bonds is 10. The summed E-state index contributed by atoms with van der Waals surface area (Å²) in [7, 11) is 0. The van der Waals surface area contributed by atoms with Crippen LogP contribution in [0.15, 0.2) is 83.8 Å². The van der Waals surface area contributed by atoms with Crippen LogP contribution in [0.3, 0.4) is 0 Å². The Labute approximate surface area is 232 Å². The van der Waals surface area contributed by atoms with Crippen LogP contribution < -0.4 is 11.1 Å². The monoisotopic (exact) mass is 536 g/mol. The van der Waals surface area contributed by atoms with Crippen molar-refractivity contribution in [1.82, 2.24) is 25.4 Å². The normalized spacial score (nSPS) is 12.7. The minimum atomic E-state index is -0.811. The number of imidazole rings is 1. The summed E-state index contributed by atoms with van der Waals surface area (Å²) in [5.41, 5.74) is 13.1. The molecule has 0 aliphatic rings. The van der Waals surface area contributed by atoms with Gasteiger partial charge in [0.1, 0.15) is 11.8 Å². The van der Waals surface area contributed by atoms with E-state index in [-0.39, 0.29) is 17.5 Å². The van der Waals surface area contributed by atoms with E-state index >= 15 is 0 Å². The fraction of sp³-hybridized carbons (Fsp3) is 0.226. The van der Waals surface area contributed by atoms with Gasteiger partial charge in [0, 0.05) is 19.0 Å². The third-order valence-electron chi connectivity index (χ3n) is 6.93. The lowest BCUT2D eigenvalue weighted by atomic mass is 9.95. The van der Waals surface area contributed by atoms with Crippen LogP contribution in [-0.2, 0) is 24.1 Å². The maximum Gasteiger partial charge on any atom is 0.249 e. The second kappa shape index (κ2) is 12.0. The summed E-state index contributed by atoms with van der Waals surface area (Å²) >= 11 is 0. The Balaban J connectivity index is 1.29. The molecule has 1 amide bonds. The first-order valence-electron chi connectivity index (χ1n) is 13.1. The fourth-order valence-electron chi connectivity index (χ4n) is 4.80. The van der Waals surface area contributed by atoms with Gasteiger partial charge in [0.2, 0.25) is 11.8 Å². The van der Waals surface area contributed by atoms with Crippen LogP contribution in [-0.4, -0.2) is 37.2 Å². The molecule has 5 N–H and O–H groups in total. The predicted molar refractivity (Wildman–Crippen MR) is 151 cm³/mol. The number of benzene rings is 3. The number of nitrogens with two attached hydrogens (primary N) is 1. The van der Waals surface area contributed by atoms with E-state index in [1.807, 2.05) is 44.2 Å². The highest BCUT2D eigenvalue weighted by Crippen LogP contribution is 2.23. The molecule has 2 atom stereocenters. The van der Waals surface area contributed by atoms with E-state index in [0.29, 0.717) is 25.1 Å². The molecule has 3 aromatic carbocycles. The van der Waals surface area contributed by atoms with Gasteiger partial charge in [-0.15, -0.1) is 0 Å². The molecule has 0 fully saturated rings. The van der Waals surface area contributed by atoms with Crippen molar-refractivity contribution < 1.29 is 14.4 Å². The standard InChI is InChI=1S/C31H32N6O3/c1-19-12-25(38)13-20(2)26(19)16-27(32)30(39)35-28(15-24-17-33-18-34-24)31-36-29(37-40-31)14-21-8-10-23(11-9-21)22-6-4-3-5-7-22/h3-13,17-18,27-28,38H,14-16,32H2,1-2H3,(H,33,34)(H,35,39)/t27?,28-/m0/s1. The number of carbonyl (C=O) groups is 1. The molecule has 0 bridgehead atoms. The Morgan fingerprint density at radius 3 is 2.40 bits per heavy atom. The number of phenolic OH excluding ortho intramolecular Hbond substituents is 1. The smallest absolute Gasteiger partial charge is 0.249 e. The van der Waals surface area contributed by atoms with Crippen LogP contribution in [0, 0.1) is 13.8 Å². The molecule has 1 unspecified atom stereocenters. The SMILES string of the molecule is Cc1cc(O)cc(C)c1CC(N)C(=O)N[C@@H](Cc1c[nH]cn1)c1nc(Cc2ccc(-c3ccccc3)cc2)no1. The molecule has 0 aliphatic carbocycles. The lowest BCUT2D eigenvalue weighted by molar-refractivity contribution is -0.123. The van der Waals surface area contributed by atoms with Crippen molar-refractivity contribution in [2.24, 2.45) is 5.73 Å². The predicted octanol–water partition coefficient (Wildman–Crippen LogP) is 4.34. The number of aromatic amines is 1. The number of hydrogen-bond acceptors (Lipinski definition) is 7. The van der Waals surface area contributed by atoms with Gasteiger partial charge < -0.3 is 25.7 Å². The molecule has 9 nitrogen and oxygen atoms in total. The van der Waals surface area contributed by atoms with E-state index in [0.717, 1.165) is 39.1 Å². The molecule has 5 aromatic rings. The molecule has 0 spiro atoms. The summed E-state index contributed by atoms with van der Waals surface area (Å²) < 4.78 is 5.61. The molecule has 0 saturated carbocycles. The summed E-state index contributed by atoms with van der Waals surface area (Å²) in [5.74, 6) is 0.652. The minimum Gasteiger partial charge on any atom is -0.508 e. The zero-order valence-corrected chi connectivity index (χ0v) is 22.5. The summed E-state index contributed by atoms with van der Waals surface area (Å²) in [6.45, 7) is 3.78. The Kier molecular flexibility index (Phi) is 8.02. The quantitative estimate of drug-likeness (QED) is 0.208. The van der Waals surface area contributed by atoms with Gasteiger partial charge in [-0.1, -0.05) is 59.8 Å². The van der Waals surface area contributed by atoms with Crippen LogP contribution in [0.5, 0.6) is 5.75 Å². The first-order chi connectivity index (χ1) is 19.4. The zero-order valence-electron chi connectivity index (χ0n) is 22.5. The fourth-order valence-corrected chi connectivity index (χ4v) is 4.80. The molecule has 0 aliphatic heterocycles. The van der Waals surface area contributed by atoms with Gasteiger partial charge in [0.25, 0.3) is 0 Å². The Hall–Kier alpha value is -4.76. The summed E-state index contributed by atoms with van der Waals surface area (Å²) in [4.78, 5) is 25.0. The van der Waals surface area contributed by atoms with Crippen LogP contribution in [0.4, 0.5) is 0 Å². The molecule has 9 heteroatoms. The van der Waals surface area contributed by atoms with Crippen LogP contribution in [0.1, 0.15) is 45.7 Å². The number of aromatic hydroxyl groups is 1. The van der Waals surface area contributed by atoms with Gasteiger partial charge in [-0.05, 0) is 65.8 Å². The van der Waals surface area contributed by atoms with Crippen LogP contribution in [0.2, 0.25) is 0 Å². The van der Waals surface area contributed by atoms with Crippen LogP contribution in [0.25, 0.3) is 11.1 Å². The molecule has 0 saturated heterocycles. The van der Waals surface area contributed by atoms with E-state index in [1.165, 1.54) is 0 Å². The number of amides is 1. The van der Waals surface area contributed by atoms with Gasteiger partial charge in [-0.3, -0.25) is 4.79 Å². The molecule has 2 heterocycles. The number of phenols is 1. The van der Waals surface area contributed by atoms with Crippen molar-refractivity contribution >= 4 is 5.91 Å². The number of H-pyrrole nitrogens is 1. The van der Waals surface area contributed by atoms with E-state index in [1.54, 1.807) is 24.7 Å². The van der Waals surface area contributed by atoms with Gasteiger partial charge in [0.05, 0.1) is 18.1 Å². The van der Waals surface area contributed by atoms with E-state index in [9.17, 15) is 9.90 Å². The van der Waals surface area contributed by atoms with E-state index in [4.69, 9.17) is 10.3 Å². The second-order valence-corrected chi connectivity index (χ2v) is 9.98. The molecule has 204 valence electrons. The first kappa shape index (κ1) is 26.8. The van der Waals surface area contributed by atoms with Gasteiger partial charge in [-0.25, -0.2) is 4.98 Å². The minimum absolute atomic E-state index is 0.190. The van der Waals surface area contributed by atoms with Gasteiger partial charge in [-0.2, -0.15) is 4.98 Å². The average Bonchev–Trinajstić information content (AvgIpc) is 3.63. The zero-order chi connectivity index (χ0) is 28.1. The number of aromatic nitrogens is 4. The molecule has 40 heavy (non-hydrogen) atoms. The summed E-state index contributed by atoms with van der Waals surface area (Å²) in [5, 5.41) is 17.0. The lowest BCUT2D eigenvalue weighted by Crippen LogP contribution is -2.44. The number of hydrogen-bond donors (Lipinski definition) is 4. The number of nitrogens with zero attached hydrogens (tertiary/aromatic N) is 3. The highest BCUT2D eigenvalue weighted by atomic mass is 16.5. The van der Waals surface area contributed by atoms with E-state index < -0.39 is 12.1 Å². The molecule has 0 radical (unpaired) electrons. The second-order valence-electron chi connectivity index (χ2n) is 9.98. The Morgan fingerprint density at radius 1 is 1.02 bits per heavy atom. The maximum absolute atomic E-state index is 13.2. The first-order valence-corrected chi connectivity index (χ1v) is 13.1. The van der Waals surface area contributed by atoms with Crippen molar-refractivity contribution in [1.29, 1.82) is 0 Å². The van der Waals surface area contributed by atoms with Crippen molar-refractivity contribution in [3.8, 4) is 16.9 Å². The molecule has 2 aromatic heterocycles. The Morgan fingerprint density at radius 2 is 1.73 bits per heavy atom. The molecular formula is C31H32N6O3. The van der Waals surface area contributed by atoms with Gasteiger partial charge in [0.15, 0.2) is 5.82 Å². The highest BCUT2D eigenvalue weighted by Gasteiger charge is 2.26. The van der Waals surface area contributed by atoms with Gasteiger partial charge >= 0.3 is 0 Å². The topological polar surface area (TPSA) is 143 Å². The summed E-state index contributed by atoms with van der Waals surface area (Å²) in [6, 6.07) is 20.4. The van der Waals surface area contributed by atoms with Crippen molar-refractivity contribution in [3.63, 3.8) is 0 Å². The number of aryl methyl sites for hydroxylation is 2. The van der Waals surface area contributed by atoms with Crippen molar-refractivity contribution in [2.45, 2.75) is 45.2 Å². The van der Waals surface area contributed by atoms with Crippen LogP contribution >= 0.6 is 0 Å². The lowest BCUT2D eigenvalue weighted by Gasteiger charge is -2.19. The van der Waals surface area contributed by atoms with E-state index in [2.05, 4.69) is 49.7 Å². The maximum atomic E-state index is 13.2. The third kappa shape index (κ3) is 6.44. The largest absolute Gasteiger partial charge is 0.508 e.